The van der Waals surface area contributed by atoms with Crippen LogP contribution in [0.1, 0.15) is 54.2 Å². The van der Waals surface area contributed by atoms with E-state index >= 15 is 0 Å². The summed E-state index contributed by atoms with van der Waals surface area (Å²) in [6.45, 7) is 15.6. The van der Waals surface area contributed by atoms with Gasteiger partial charge in [-0.15, -0.1) is 0 Å². The smallest absolute Gasteiger partial charge is 0.443 e. The van der Waals surface area contributed by atoms with Crippen LogP contribution in [0.5, 0.6) is 0 Å². The van der Waals surface area contributed by atoms with Crippen LogP contribution in [0.15, 0.2) is 24.3 Å². The molecule has 0 bridgehead atoms. The second-order valence-corrected chi connectivity index (χ2v) is 8.92. The molecule has 0 amide bonds. The molecule has 1 aromatic carbocycles. The van der Waals surface area contributed by atoms with Crippen molar-refractivity contribution in [3.8, 4) is 0 Å². The summed E-state index contributed by atoms with van der Waals surface area (Å²) in [7, 11) is -0.534. The Balaban J connectivity index is 2.14. The second-order valence-electron chi connectivity index (χ2n) is 8.92. The number of fused-ring (bicyclic) bond motifs is 1. The fourth-order valence-corrected chi connectivity index (χ4v) is 3.19. The van der Waals surface area contributed by atoms with Crippen molar-refractivity contribution in [3.63, 3.8) is 0 Å². The van der Waals surface area contributed by atoms with Crippen LogP contribution < -0.4 is 5.46 Å². The molecule has 1 fully saturated rings. The highest BCUT2D eigenvalue weighted by Gasteiger charge is 2.53. The lowest BCUT2D eigenvalue weighted by atomic mass is 9.77. The molecule has 5 nitrogen and oxygen atoms in total. The maximum atomic E-state index is 12.8. The molecular weight excluding hydrogens is 329 g/mol. The molecular formula is C20H28BNO4. The van der Waals surface area contributed by atoms with Crippen molar-refractivity contribution in [1.82, 2.24) is 4.57 Å². The molecule has 26 heavy (non-hydrogen) atoms. The number of para-hydroxylation sites is 1. The first-order valence-corrected chi connectivity index (χ1v) is 9.03. The van der Waals surface area contributed by atoms with Gasteiger partial charge < -0.3 is 14.0 Å². The molecule has 2 aromatic rings. The predicted molar refractivity (Wildman–Crippen MR) is 104 cm³/mol. The zero-order valence-electron chi connectivity index (χ0n) is 17.0. The van der Waals surface area contributed by atoms with Gasteiger partial charge in [0.15, 0.2) is 0 Å². The van der Waals surface area contributed by atoms with E-state index in [1.165, 1.54) is 0 Å². The Hall–Kier alpha value is -1.79. The van der Waals surface area contributed by atoms with Crippen molar-refractivity contribution in [1.29, 1.82) is 0 Å². The topological polar surface area (TPSA) is 49.7 Å². The largest absolute Gasteiger partial charge is 0.497 e. The Morgan fingerprint density at radius 1 is 1.08 bits per heavy atom. The SMILES string of the molecule is Cc1c(B2OC(C)(C)C(C)(C)O2)c2ccccc2n1C(=O)OC(C)(C)C. The summed E-state index contributed by atoms with van der Waals surface area (Å²) < 4.78 is 19.7. The minimum atomic E-state index is -0.570. The van der Waals surface area contributed by atoms with E-state index in [4.69, 9.17) is 14.0 Å². The van der Waals surface area contributed by atoms with Gasteiger partial charge in [0.25, 0.3) is 0 Å². The highest BCUT2D eigenvalue weighted by Crippen LogP contribution is 2.37. The Morgan fingerprint density at radius 2 is 1.62 bits per heavy atom. The average molecular weight is 357 g/mol. The first kappa shape index (κ1) is 19.0. The molecule has 3 rings (SSSR count). The molecule has 0 radical (unpaired) electrons. The Kier molecular flexibility index (Phi) is 4.28. The lowest BCUT2D eigenvalue weighted by Gasteiger charge is -2.32. The monoisotopic (exact) mass is 357 g/mol. The fourth-order valence-electron chi connectivity index (χ4n) is 3.19. The molecule has 6 heteroatoms. The third-order valence-electron chi connectivity index (χ3n) is 5.23. The summed E-state index contributed by atoms with van der Waals surface area (Å²) in [5.41, 5.74) is 0.991. The lowest BCUT2D eigenvalue weighted by molar-refractivity contribution is 0.00578. The Bertz CT molecular complexity index is 845. The van der Waals surface area contributed by atoms with Gasteiger partial charge in [-0.2, -0.15) is 0 Å². The van der Waals surface area contributed by atoms with Gasteiger partial charge in [0.05, 0.1) is 16.7 Å². The molecule has 0 atom stereocenters. The summed E-state index contributed by atoms with van der Waals surface area (Å²) >= 11 is 0. The van der Waals surface area contributed by atoms with Gasteiger partial charge in [0, 0.05) is 16.5 Å². The van der Waals surface area contributed by atoms with E-state index in [1.54, 1.807) is 4.57 Å². The minimum absolute atomic E-state index is 0.394. The van der Waals surface area contributed by atoms with Crippen molar-refractivity contribution < 1.29 is 18.8 Å². The maximum Gasteiger partial charge on any atom is 0.497 e. The first-order valence-electron chi connectivity index (χ1n) is 9.03. The molecule has 0 saturated carbocycles. The summed E-state index contributed by atoms with van der Waals surface area (Å²) in [5, 5.41) is 0.939. The molecule has 1 saturated heterocycles. The molecule has 0 unspecified atom stereocenters. The van der Waals surface area contributed by atoms with Gasteiger partial charge in [0.1, 0.15) is 5.60 Å². The third kappa shape index (κ3) is 3.05. The van der Waals surface area contributed by atoms with E-state index < -0.39 is 30.0 Å². The molecule has 1 aromatic heterocycles. The molecule has 2 heterocycles. The number of hydrogen-bond acceptors (Lipinski definition) is 4. The molecule has 0 aliphatic carbocycles. The molecule has 1 aliphatic heterocycles. The molecule has 0 spiro atoms. The number of benzene rings is 1. The number of carbonyl (C=O) groups is 1. The summed E-state index contributed by atoms with van der Waals surface area (Å²) in [6, 6.07) is 7.77. The van der Waals surface area contributed by atoms with Crippen molar-refractivity contribution >= 4 is 29.6 Å². The summed E-state index contributed by atoms with van der Waals surface area (Å²) in [6.07, 6.45) is -0.394. The number of nitrogens with zero attached hydrogens (tertiary/aromatic N) is 1. The Morgan fingerprint density at radius 3 is 2.15 bits per heavy atom. The molecule has 140 valence electrons. The van der Waals surface area contributed by atoms with E-state index in [-0.39, 0.29) is 0 Å². The summed E-state index contributed by atoms with van der Waals surface area (Å²) in [5.74, 6) is 0. The highest BCUT2D eigenvalue weighted by molar-refractivity contribution is 6.66. The standard InChI is InChI=1S/C20H28BNO4/c1-13-16(21-25-19(5,6)20(7,8)26-21)14-11-9-10-12-15(14)22(13)17(23)24-18(2,3)4/h9-12H,1-8H3. The van der Waals surface area contributed by atoms with Crippen LogP contribution >= 0.6 is 0 Å². The first-order chi connectivity index (χ1) is 11.8. The summed E-state index contributed by atoms with van der Waals surface area (Å²) in [4.78, 5) is 12.8. The number of hydrogen-bond donors (Lipinski definition) is 0. The number of rotatable bonds is 1. The number of ether oxygens (including phenoxy) is 1. The van der Waals surface area contributed by atoms with Crippen LogP contribution in [0.25, 0.3) is 10.9 Å². The van der Waals surface area contributed by atoms with Crippen molar-refractivity contribution in [2.24, 2.45) is 0 Å². The van der Waals surface area contributed by atoms with Crippen molar-refractivity contribution in [2.45, 2.75) is 72.2 Å². The molecule has 1 aliphatic rings. The second kappa shape index (κ2) is 5.86. The normalized spacial score (nSPS) is 19.2. The highest BCUT2D eigenvalue weighted by atomic mass is 16.7. The average Bonchev–Trinajstić information content (AvgIpc) is 2.86. The van der Waals surface area contributed by atoms with Crippen LogP contribution in [0, 0.1) is 6.92 Å². The van der Waals surface area contributed by atoms with Gasteiger partial charge in [-0.25, -0.2) is 4.79 Å². The minimum Gasteiger partial charge on any atom is -0.443 e. The lowest BCUT2D eigenvalue weighted by Crippen LogP contribution is -2.41. The van der Waals surface area contributed by atoms with Gasteiger partial charge >= 0.3 is 13.2 Å². The Labute approximate surface area is 155 Å². The van der Waals surface area contributed by atoms with Gasteiger partial charge in [-0.05, 0) is 61.5 Å². The van der Waals surface area contributed by atoms with Gasteiger partial charge in [-0.1, -0.05) is 18.2 Å². The van der Waals surface area contributed by atoms with Crippen molar-refractivity contribution in [2.75, 3.05) is 0 Å². The third-order valence-corrected chi connectivity index (χ3v) is 5.23. The van der Waals surface area contributed by atoms with Crippen LogP contribution in [0.4, 0.5) is 4.79 Å². The van der Waals surface area contributed by atoms with Crippen LogP contribution in [0.3, 0.4) is 0 Å². The zero-order chi connectivity index (χ0) is 19.5. The maximum absolute atomic E-state index is 12.8. The van der Waals surface area contributed by atoms with Gasteiger partial charge in [0.2, 0.25) is 0 Å². The quantitative estimate of drug-likeness (QED) is 0.723. The molecule has 0 N–H and O–H groups in total. The van der Waals surface area contributed by atoms with E-state index in [1.807, 2.05) is 79.7 Å². The van der Waals surface area contributed by atoms with E-state index in [2.05, 4.69) is 0 Å². The van der Waals surface area contributed by atoms with Crippen LogP contribution in [-0.4, -0.2) is 34.6 Å². The van der Waals surface area contributed by atoms with E-state index in [0.717, 1.165) is 22.1 Å². The predicted octanol–water partition coefficient (Wildman–Crippen LogP) is 4.03. The van der Waals surface area contributed by atoms with E-state index in [9.17, 15) is 4.79 Å². The van der Waals surface area contributed by atoms with E-state index in [0.29, 0.717) is 0 Å². The van der Waals surface area contributed by atoms with Crippen LogP contribution in [-0.2, 0) is 14.0 Å². The fraction of sp³-hybridized carbons (Fsp3) is 0.550. The number of carbonyl (C=O) groups excluding carboxylic acids is 1. The van der Waals surface area contributed by atoms with Crippen molar-refractivity contribution in [3.05, 3.63) is 30.0 Å². The van der Waals surface area contributed by atoms with Crippen LogP contribution in [0.2, 0.25) is 0 Å². The zero-order valence-corrected chi connectivity index (χ0v) is 17.0. The number of aromatic nitrogens is 1. The van der Waals surface area contributed by atoms with Gasteiger partial charge in [-0.3, -0.25) is 4.57 Å².